The molecule has 1 heterocycles. The fraction of sp³-hybridized carbons (Fsp3) is 0.900. The molecule has 5 heteroatoms. The molecule has 1 aliphatic rings. The number of nitrogens with zero attached hydrogens (tertiary/aromatic N) is 1. The Kier molecular flexibility index (Phi) is 4.07. The molecule has 3 N–H and O–H groups in total. The molecule has 0 aliphatic carbocycles. The zero-order valence-electron chi connectivity index (χ0n) is 9.40. The summed E-state index contributed by atoms with van der Waals surface area (Å²) in [6.45, 7) is 4.12. The van der Waals surface area contributed by atoms with Gasteiger partial charge in [0.1, 0.15) is 5.54 Å². The minimum absolute atomic E-state index is 0.291. The molecular formula is C10H20N2O3. The van der Waals surface area contributed by atoms with Crippen LogP contribution in [0.15, 0.2) is 0 Å². The molecule has 5 nitrogen and oxygen atoms in total. The van der Waals surface area contributed by atoms with E-state index >= 15 is 0 Å². The van der Waals surface area contributed by atoms with Crippen molar-refractivity contribution in [2.45, 2.75) is 31.4 Å². The smallest absolute Gasteiger partial charge is 0.323 e. The molecule has 0 radical (unpaired) electrons. The Labute approximate surface area is 90.2 Å². The predicted octanol–water partition coefficient (Wildman–Crippen LogP) is -0.101. The fourth-order valence-electron chi connectivity index (χ4n) is 1.69. The van der Waals surface area contributed by atoms with Gasteiger partial charge >= 0.3 is 5.97 Å². The molecule has 1 saturated heterocycles. The molecular weight excluding hydrogens is 196 g/mol. The number of hydrogen-bond acceptors (Lipinski definition) is 4. The van der Waals surface area contributed by atoms with Crippen LogP contribution < -0.4 is 5.73 Å². The lowest BCUT2D eigenvalue weighted by molar-refractivity contribution is -0.143. The summed E-state index contributed by atoms with van der Waals surface area (Å²) in [5, 5.41) is 8.85. The van der Waals surface area contributed by atoms with Gasteiger partial charge in [0.25, 0.3) is 0 Å². The molecule has 1 rings (SSSR count). The lowest BCUT2D eigenvalue weighted by atomic mass is 10.00. The summed E-state index contributed by atoms with van der Waals surface area (Å²) in [7, 11) is 1.71. The molecule has 1 fully saturated rings. The number of carbonyl (C=O) groups is 1. The van der Waals surface area contributed by atoms with Crippen molar-refractivity contribution in [3.8, 4) is 0 Å². The molecule has 2 unspecified atom stereocenters. The maximum Gasteiger partial charge on any atom is 0.323 e. The van der Waals surface area contributed by atoms with Gasteiger partial charge in [-0.05, 0) is 19.8 Å². The second kappa shape index (κ2) is 4.92. The maximum atomic E-state index is 10.8. The van der Waals surface area contributed by atoms with Crippen molar-refractivity contribution in [2.75, 3.05) is 26.7 Å². The summed E-state index contributed by atoms with van der Waals surface area (Å²) < 4.78 is 5.23. The summed E-state index contributed by atoms with van der Waals surface area (Å²) >= 11 is 0. The number of methoxy groups -OCH3 is 1. The van der Waals surface area contributed by atoms with Gasteiger partial charge in [-0.3, -0.25) is 4.79 Å². The van der Waals surface area contributed by atoms with Gasteiger partial charge in [0, 0.05) is 26.7 Å². The average Bonchev–Trinajstić information content (AvgIpc) is 2.62. The summed E-state index contributed by atoms with van der Waals surface area (Å²) in [5.74, 6) is -0.940. The Morgan fingerprint density at radius 1 is 1.73 bits per heavy atom. The standard InChI is InChI=1S/C10H20N2O3/c1-10(11,9(13)14)4-6-12-5-3-8(7-12)15-2/h8H,3-7,11H2,1-2H3,(H,13,14). The van der Waals surface area contributed by atoms with Crippen LogP contribution in [0.2, 0.25) is 0 Å². The average molecular weight is 216 g/mol. The topological polar surface area (TPSA) is 75.8 Å². The van der Waals surface area contributed by atoms with Crippen LogP contribution in [-0.4, -0.2) is 54.4 Å². The third kappa shape index (κ3) is 3.44. The van der Waals surface area contributed by atoms with Gasteiger partial charge in [-0.2, -0.15) is 0 Å². The number of ether oxygens (including phenoxy) is 1. The monoisotopic (exact) mass is 216 g/mol. The first-order chi connectivity index (χ1) is 6.95. The van der Waals surface area contributed by atoms with E-state index in [0.717, 1.165) is 26.1 Å². The third-order valence-electron chi connectivity index (χ3n) is 3.00. The lowest BCUT2D eigenvalue weighted by Crippen LogP contribution is -2.47. The number of likely N-dealkylation sites (tertiary alicyclic amines) is 1. The van der Waals surface area contributed by atoms with Crippen LogP contribution in [-0.2, 0) is 9.53 Å². The SMILES string of the molecule is COC1CCN(CCC(C)(N)C(=O)O)C1. The first-order valence-electron chi connectivity index (χ1n) is 5.23. The Morgan fingerprint density at radius 3 is 2.87 bits per heavy atom. The number of carboxylic acids is 1. The van der Waals surface area contributed by atoms with Crippen molar-refractivity contribution in [1.82, 2.24) is 4.90 Å². The minimum Gasteiger partial charge on any atom is -0.480 e. The summed E-state index contributed by atoms with van der Waals surface area (Å²) in [6.07, 6.45) is 1.78. The normalized spacial score (nSPS) is 26.5. The maximum absolute atomic E-state index is 10.8. The van der Waals surface area contributed by atoms with Crippen molar-refractivity contribution >= 4 is 5.97 Å². The highest BCUT2D eigenvalue weighted by Gasteiger charge is 2.30. The zero-order chi connectivity index (χ0) is 11.5. The van der Waals surface area contributed by atoms with Crippen LogP contribution in [0.5, 0.6) is 0 Å². The molecule has 1 aliphatic heterocycles. The number of nitrogens with two attached hydrogens (primary N) is 1. The van der Waals surface area contributed by atoms with Gasteiger partial charge in [0.05, 0.1) is 6.10 Å². The fourth-order valence-corrected chi connectivity index (χ4v) is 1.69. The van der Waals surface area contributed by atoms with Gasteiger partial charge in [-0.15, -0.1) is 0 Å². The van der Waals surface area contributed by atoms with Crippen LogP contribution in [0, 0.1) is 0 Å². The van der Waals surface area contributed by atoms with Gasteiger partial charge in [0.2, 0.25) is 0 Å². The molecule has 15 heavy (non-hydrogen) atoms. The molecule has 0 amide bonds. The van der Waals surface area contributed by atoms with E-state index in [1.807, 2.05) is 0 Å². The van der Waals surface area contributed by atoms with E-state index in [-0.39, 0.29) is 0 Å². The highest BCUT2D eigenvalue weighted by atomic mass is 16.5. The summed E-state index contributed by atoms with van der Waals surface area (Å²) in [6, 6.07) is 0. The van der Waals surface area contributed by atoms with E-state index in [1.165, 1.54) is 0 Å². The quantitative estimate of drug-likeness (QED) is 0.671. The molecule has 88 valence electrons. The summed E-state index contributed by atoms with van der Waals surface area (Å²) in [4.78, 5) is 13.0. The third-order valence-corrected chi connectivity index (χ3v) is 3.00. The van der Waals surface area contributed by atoms with Crippen molar-refractivity contribution in [1.29, 1.82) is 0 Å². The van der Waals surface area contributed by atoms with Gasteiger partial charge in [-0.1, -0.05) is 0 Å². The lowest BCUT2D eigenvalue weighted by Gasteiger charge is -2.23. The largest absolute Gasteiger partial charge is 0.480 e. The highest BCUT2D eigenvalue weighted by molar-refractivity contribution is 5.77. The van der Waals surface area contributed by atoms with Crippen molar-refractivity contribution in [3.05, 3.63) is 0 Å². The molecule has 0 spiro atoms. The van der Waals surface area contributed by atoms with Crippen LogP contribution in [0.4, 0.5) is 0 Å². The highest BCUT2D eigenvalue weighted by Crippen LogP contribution is 2.14. The molecule has 0 bridgehead atoms. The first kappa shape index (κ1) is 12.4. The van der Waals surface area contributed by atoms with E-state index in [1.54, 1.807) is 14.0 Å². The molecule has 2 atom stereocenters. The number of rotatable bonds is 5. The molecule has 0 aromatic rings. The number of carboxylic acid groups (broad SMARTS) is 1. The second-order valence-corrected chi connectivity index (χ2v) is 4.42. The minimum atomic E-state index is -1.12. The Hall–Kier alpha value is -0.650. The van der Waals surface area contributed by atoms with Crippen molar-refractivity contribution in [2.24, 2.45) is 5.73 Å². The Morgan fingerprint density at radius 2 is 2.40 bits per heavy atom. The van der Waals surface area contributed by atoms with Crippen molar-refractivity contribution < 1.29 is 14.6 Å². The van der Waals surface area contributed by atoms with Gasteiger partial charge < -0.3 is 20.5 Å². The van der Waals surface area contributed by atoms with Crippen LogP contribution in [0.3, 0.4) is 0 Å². The number of aliphatic carboxylic acids is 1. The Bertz CT molecular complexity index is 231. The second-order valence-electron chi connectivity index (χ2n) is 4.42. The van der Waals surface area contributed by atoms with E-state index in [4.69, 9.17) is 15.6 Å². The van der Waals surface area contributed by atoms with Crippen molar-refractivity contribution in [3.63, 3.8) is 0 Å². The molecule has 0 aromatic carbocycles. The molecule has 0 aromatic heterocycles. The van der Waals surface area contributed by atoms with Crippen LogP contribution in [0.25, 0.3) is 0 Å². The van der Waals surface area contributed by atoms with Gasteiger partial charge in [-0.25, -0.2) is 0 Å². The summed E-state index contributed by atoms with van der Waals surface area (Å²) in [5.41, 5.74) is 4.53. The number of hydrogen-bond donors (Lipinski definition) is 2. The van der Waals surface area contributed by atoms with Crippen LogP contribution in [0.1, 0.15) is 19.8 Å². The predicted molar refractivity (Wildman–Crippen MR) is 56.7 cm³/mol. The van der Waals surface area contributed by atoms with E-state index in [2.05, 4.69) is 4.90 Å². The van der Waals surface area contributed by atoms with E-state index in [0.29, 0.717) is 12.5 Å². The van der Waals surface area contributed by atoms with Crippen LogP contribution >= 0.6 is 0 Å². The zero-order valence-corrected chi connectivity index (χ0v) is 9.40. The molecule has 0 saturated carbocycles. The van der Waals surface area contributed by atoms with E-state index in [9.17, 15) is 4.79 Å². The Balaban J connectivity index is 2.29. The van der Waals surface area contributed by atoms with E-state index < -0.39 is 11.5 Å². The first-order valence-corrected chi connectivity index (χ1v) is 5.23. The van der Waals surface area contributed by atoms with Gasteiger partial charge in [0.15, 0.2) is 0 Å².